The number of rotatable bonds is 20. The van der Waals surface area contributed by atoms with Gasteiger partial charge in [0, 0.05) is 32.0 Å². The summed E-state index contributed by atoms with van der Waals surface area (Å²) in [4.78, 5) is 62.4. The highest BCUT2D eigenvalue weighted by atomic mass is 16.5. The lowest BCUT2D eigenvalue weighted by atomic mass is 9.94. The second kappa shape index (κ2) is 18.7. The first-order valence-corrected chi connectivity index (χ1v) is 14.0. The molecule has 38 heavy (non-hydrogen) atoms. The first kappa shape index (κ1) is 33.5. The molecule has 0 bridgehead atoms. The van der Waals surface area contributed by atoms with Crippen LogP contribution in [0.2, 0.25) is 0 Å². The van der Waals surface area contributed by atoms with Crippen molar-refractivity contribution in [3.05, 3.63) is 0 Å². The van der Waals surface area contributed by atoms with Crippen LogP contribution in [-0.2, 0) is 28.7 Å². The first-order valence-electron chi connectivity index (χ1n) is 14.0. The van der Waals surface area contributed by atoms with Crippen molar-refractivity contribution in [3.63, 3.8) is 0 Å². The van der Waals surface area contributed by atoms with E-state index in [1.807, 2.05) is 27.7 Å². The van der Waals surface area contributed by atoms with Crippen LogP contribution in [0, 0.1) is 17.8 Å². The van der Waals surface area contributed by atoms with Crippen molar-refractivity contribution in [2.45, 2.75) is 85.1 Å². The summed E-state index contributed by atoms with van der Waals surface area (Å²) in [5, 5.41) is 8.27. The van der Waals surface area contributed by atoms with E-state index in [0.29, 0.717) is 51.4 Å². The monoisotopic (exact) mass is 539 g/mol. The van der Waals surface area contributed by atoms with Gasteiger partial charge in [-0.05, 0) is 50.5 Å². The Hall–Kier alpha value is -2.53. The Morgan fingerprint density at radius 3 is 2.26 bits per heavy atom. The molecule has 0 aromatic carbocycles. The lowest BCUT2D eigenvalue weighted by molar-refractivity contribution is -0.140. The third-order valence-corrected chi connectivity index (χ3v) is 6.46. The van der Waals surface area contributed by atoms with Gasteiger partial charge >= 0.3 is 0 Å². The third kappa shape index (κ3) is 13.3. The molecule has 11 nitrogen and oxygen atoms in total. The quantitative estimate of drug-likeness (QED) is 0.133. The SMILES string of the molecule is CC(C)CNC(=O)[C@H](CCCCN)NC(=O)COCC(=O)NCCCCCCN1C(=O)CC(C(C)C)C1=O. The van der Waals surface area contributed by atoms with Gasteiger partial charge in [0.1, 0.15) is 19.3 Å². The molecule has 0 aromatic rings. The molecule has 0 aliphatic carbocycles. The molecule has 11 heteroatoms. The van der Waals surface area contributed by atoms with Crippen LogP contribution >= 0.6 is 0 Å². The van der Waals surface area contributed by atoms with Gasteiger partial charge in [0.2, 0.25) is 29.5 Å². The lowest BCUT2D eigenvalue weighted by Crippen LogP contribution is -2.48. The molecule has 1 saturated heterocycles. The zero-order valence-corrected chi connectivity index (χ0v) is 23.7. The molecule has 5 amide bonds. The summed E-state index contributed by atoms with van der Waals surface area (Å²) in [7, 11) is 0. The second-order valence-corrected chi connectivity index (χ2v) is 10.7. The van der Waals surface area contributed by atoms with Crippen LogP contribution in [0.15, 0.2) is 0 Å². The molecule has 0 spiro atoms. The minimum Gasteiger partial charge on any atom is -0.362 e. The minimum absolute atomic E-state index is 0.0533. The first-order chi connectivity index (χ1) is 18.1. The highest BCUT2D eigenvalue weighted by Gasteiger charge is 2.39. The number of amides is 5. The van der Waals surface area contributed by atoms with Gasteiger partial charge in [0.15, 0.2) is 0 Å². The molecule has 1 aliphatic rings. The summed E-state index contributed by atoms with van der Waals surface area (Å²) in [6, 6.07) is -0.663. The van der Waals surface area contributed by atoms with Crippen molar-refractivity contribution in [2.75, 3.05) is 39.4 Å². The van der Waals surface area contributed by atoms with E-state index in [2.05, 4.69) is 16.0 Å². The predicted octanol–water partition coefficient (Wildman–Crippen LogP) is 1.10. The normalized spacial score (nSPS) is 16.3. The molecule has 218 valence electrons. The molecule has 0 aromatic heterocycles. The topological polar surface area (TPSA) is 160 Å². The lowest BCUT2D eigenvalue weighted by Gasteiger charge is -2.19. The molecule has 0 saturated carbocycles. The fourth-order valence-electron chi connectivity index (χ4n) is 4.15. The number of nitrogens with two attached hydrogens (primary N) is 1. The van der Waals surface area contributed by atoms with Crippen molar-refractivity contribution in [3.8, 4) is 0 Å². The average molecular weight is 540 g/mol. The highest BCUT2D eigenvalue weighted by molar-refractivity contribution is 6.03. The summed E-state index contributed by atoms with van der Waals surface area (Å²) in [6.07, 6.45) is 5.50. The van der Waals surface area contributed by atoms with Gasteiger partial charge in [0.05, 0.1) is 0 Å². The van der Waals surface area contributed by atoms with Gasteiger partial charge < -0.3 is 26.4 Å². The van der Waals surface area contributed by atoms with Crippen molar-refractivity contribution in [1.29, 1.82) is 0 Å². The Morgan fingerprint density at radius 2 is 1.63 bits per heavy atom. The Kier molecular flexibility index (Phi) is 16.5. The smallest absolute Gasteiger partial charge is 0.246 e. The summed E-state index contributed by atoms with van der Waals surface area (Å²) in [5.41, 5.74) is 5.52. The minimum atomic E-state index is -0.663. The van der Waals surface area contributed by atoms with E-state index in [9.17, 15) is 24.0 Å². The van der Waals surface area contributed by atoms with E-state index in [1.54, 1.807) is 0 Å². The van der Waals surface area contributed by atoms with Crippen LogP contribution in [0.4, 0.5) is 0 Å². The van der Waals surface area contributed by atoms with Gasteiger partial charge in [-0.25, -0.2) is 0 Å². The average Bonchev–Trinajstić information content (AvgIpc) is 3.14. The summed E-state index contributed by atoms with van der Waals surface area (Å²) in [6.45, 7) is 9.32. The summed E-state index contributed by atoms with van der Waals surface area (Å²) in [5.74, 6) is -0.866. The third-order valence-electron chi connectivity index (χ3n) is 6.46. The Bertz CT molecular complexity index is 773. The number of hydrogen-bond acceptors (Lipinski definition) is 7. The van der Waals surface area contributed by atoms with Crippen molar-refractivity contribution in [2.24, 2.45) is 23.5 Å². The van der Waals surface area contributed by atoms with E-state index >= 15 is 0 Å². The number of unbranched alkanes of at least 4 members (excludes halogenated alkanes) is 4. The van der Waals surface area contributed by atoms with Crippen molar-refractivity contribution in [1.82, 2.24) is 20.9 Å². The molecule has 5 N–H and O–H groups in total. The molecule has 1 rings (SSSR count). The van der Waals surface area contributed by atoms with E-state index in [1.165, 1.54) is 4.90 Å². The Morgan fingerprint density at radius 1 is 0.947 bits per heavy atom. The second-order valence-electron chi connectivity index (χ2n) is 10.7. The molecular weight excluding hydrogens is 490 g/mol. The number of nitrogens with one attached hydrogen (secondary N) is 3. The fraction of sp³-hybridized carbons (Fsp3) is 0.815. The number of ether oxygens (including phenoxy) is 1. The highest BCUT2D eigenvalue weighted by Crippen LogP contribution is 2.26. The summed E-state index contributed by atoms with van der Waals surface area (Å²) >= 11 is 0. The standard InChI is InChI=1S/C27H49N5O6/c1-19(2)16-30-26(36)22(11-7-8-12-28)31-24(34)18-38-17-23(33)29-13-9-5-6-10-14-32-25(35)15-21(20(3)4)27(32)37/h19-22H,5-18,28H2,1-4H3,(H,29,33)(H,30,36)(H,31,34)/t21?,22-/m0/s1. The molecule has 1 heterocycles. The Labute approximate surface area is 227 Å². The van der Waals surface area contributed by atoms with Gasteiger partial charge in [-0.15, -0.1) is 0 Å². The molecular formula is C27H49N5O6. The van der Waals surface area contributed by atoms with Crippen molar-refractivity contribution < 1.29 is 28.7 Å². The number of hydrogen-bond donors (Lipinski definition) is 4. The van der Waals surface area contributed by atoms with E-state index in [-0.39, 0.29) is 48.7 Å². The number of carbonyl (C=O) groups is 5. The molecule has 1 aliphatic heterocycles. The van der Waals surface area contributed by atoms with Crippen LogP contribution in [-0.4, -0.2) is 79.9 Å². The maximum Gasteiger partial charge on any atom is 0.246 e. The van der Waals surface area contributed by atoms with Crippen LogP contribution in [0.25, 0.3) is 0 Å². The molecule has 1 unspecified atom stereocenters. The molecule has 0 radical (unpaired) electrons. The van der Waals surface area contributed by atoms with Crippen LogP contribution in [0.1, 0.15) is 79.1 Å². The van der Waals surface area contributed by atoms with Crippen molar-refractivity contribution >= 4 is 29.5 Å². The predicted molar refractivity (Wildman–Crippen MR) is 145 cm³/mol. The maximum absolute atomic E-state index is 12.4. The van der Waals surface area contributed by atoms with Gasteiger partial charge in [-0.3, -0.25) is 28.9 Å². The summed E-state index contributed by atoms with van der Waals surface area (Å²) < 4.78 is 5.21. The van der Waals surface area contributed by atoms with Crippen LogP contribution < -0.4 is 21.7 Å². The zero-order valence-electron chi connectivity index (χ0n) is 23.7. The Balaban J connectivity index is 2.18. The zero-order chi connectivity index (χ0) is 28.5. The van der Waals surface area contributed by atoms with Crippen LogP contribution in [0.3, 0.4) is 0 Å². The van der Waals surface area contributed by atoms with Gasteiger partial charge in [0.25, 0.3) is 0 Å². The van der Waals surface area contributed by atoms with Crippen LogP contribution in [0.5, 0.6) is 0 Å². The maximum atomic E-state index is 12.4. The van der Waals surface area contributed by atoms with Gasteiger partial charge in [-0.2, -0.15) is 0 Å². The largest absolute Gasteiger partial charge is 0.362 e. The van der Waals surface area contributed by atoms with E-state index in [4.69, 9.17) is 10.5 Å². The van der Waals surface area contributed by atoms with E-state index < -0.39 is 11.9 Å². The molecule has 2 atom stereocenters. The number of imide groups is 1. The number of carbonyl (C=O) groups excluding carboxylic acids is 5. The fourth-order valence-corrected chi connectivity index (χ4v) is 4.15. The number of nitrogens with zero attached hydrogens (tertiary/aromatic N) is 1. The number of likely N-dealkylation sites (tertiary alicyclic amines) is 1. The van der Waals surface area contributed by atoms with Gasteiger partial charge in [-0.1, -0.05) is 40.5 Å². The van der Waals surface area contributed by atoms with E-state index in [0.717, 1.165) is 32.1 Å². The molecule has 1 fully saturated rings.